The molecule has 1 aliphatic carbocycles. The first-order valence-electron chi connectivity index (χ1n) is 4.63. The third-order valence-corrected chi connectivity index (χ3v) is 2.59. The van der Waals surface area contributed by atoms with Crippen molar-refractivity contribution in [2.24, 2.45) is 0 Å². The van der Waals surface area contributed by atoms with Crippen LogP contribution in [0.15, 0.2) is 12.1 Å². The van der Waals surface area contributed by atoms with Crippen molar-refractivity contribution >= 4 is 11.5 Å². The molecule has 1 aliphatic rings. The summed E-state index contributed by atoms with van der Waals surface area (Å²) >= 11 is 0. The Balaban J connectivity index is 2.62. The summed E-state index contributed by atoms with van der Waals surface area (Å²) in [5.41, 5.74) is 0.508. The Kier molecular flexibility index (Phi) is 2.15. The van der Waals surface area contributed by atoms with Gasteiger partial charge in [0.15, 0.2) is 11.5 Å². The summed E-state index contributed by atoms with van der Waals surface area (Å²) in [6, 6.07) is 2.60. The molecule has 5 nitrogen and oxygen atoms in total. The molecule has 15 heavy (non-hydrogen) atoms. The lowest BCUT2D eigenvalue weighted by Crippen LogP contribution is -2.11. The number of hydrogen-bond acceptors (Lipinski definition) is 4. The Bertz CT molecular complexity index is 453. The number of rotatable bonds is 1. The van der Waals surface area contributed by atoms with Gasteiger partial charge in [0, 0.05) is 23.6 Å². The van der Waals surface area contributed by atoms with Gasteiger partial charge < -0.3 is 5.11 Å². The molecule has 0 heterocycles. The average molecular weight is 207 g/mol. The number of phenolic OH excluding ortho intramolecular Hbond substituents is 1. The van der Waals surface area contributed by atoms with Gasteiger partial charge >= 0.3 is 5.69 Å². The van der Waals surface area contributed by atoms with E-state index in [4.69, 9.17) is 0 Å². The molecule has 1 N–H and O–H groups in total. The van der Waals surface area contributed by atoms with Gasteiger partial charge in [-0.25, -0.2) is 0 Å². The van der Waals surface area contributed by atoms with Crippen molar-refractivity contribution in [2.45, 2.75) is 19.3 Å². The van der Waals surface area contributed by atoms with Crippen LogP contribution in [0.3, 0.4) is 0 Å². The first kappa shape index (κ1) is 9.64. The van der Waals surface area contributed by atoms with Crippen molar-refractivity contribution in [3.63, 3.8) is 0 Å². The van der Waals surface area contributed by atoms with Gasteiger partial charge in [0.2, 0.25) is 0 Å². The smallest absolute Gasteiger partial charge is 0.311 e. The number of hydrogen-bond donors (Lipinski definition) is 1. The summed E-state index contributed by atoms with van der Waals surface area (Å²) < 4.78 is 0. The lowest BCUT2D eigenvalue weighted by Gasteiger charge is -2.15. The third kappa shape index (κ3) is 1.45. The predicted octanol–water partition coefficient (Wildman–Crippen LogP) is 1.82. The van der Waals surface area contributed by atoms with Crippen LogP contribution in [0.25, 0.3) is 0 Å². The normalized spacial score (nSPS) is 14.8. The minimum atomic E-state index is -0.644. The summed E-state index contributed by atoms with van der Waals surface area (Å²) in [6.07, 6.45) is 1.61. The Morgan fingerprint density at radius 2 is 2.07 bits per heavy atom. The molecule has 0 fully saturated rings. The van der Waals surface area contributed by atoms with E-state index in [9.17, 15) is 20.0 Å². The van der Waals surface area contributed by atoms with Crippen LogP contribution < -0.4 is 0 Å². The van der Waals surface area contributed by atoms with Gasteiger partial charge in [-0.15, -0.1) is 0 Å². The van der Waals surface area contributed by atoms with Crippen LogP contribution in [-0.4, -0.2) is 15.8 Å². The Morgan fingerprint density at radius 3 is 2.73 bits per heavy atom. The van der Waals surface area contributed by atoms with E-state index in [2.05, 4.69) is 0 Å². The average Bonchev–Trinajstić information content (AvgIpc) is 2.19. The lowest BCUT2D eigenvalue weighted by molar-refractivity contribution is -0.385. The monoisotopic (exact) mass is 207 g/mol. The van der Waals surface area contributed by atoms with Gasteiger partial charge in [-0.3, -0.25) is 14.9 Å². The van der Waals surface area contributed by atoms with Crippen LogP contribution in [-0.2, 0) is 6.42 Å². The van der Waals surface area contributed by atoms with Crippen LogP contribution in [0.2, 0.25) is 0 Å². The fourth-order valence-electron chi connectivity index (χ4n) is 1.85. The zero-order chi connectivity index (χ0) is 11.0. The van der Waals surface area contributed by atoms with Crippen molar-refractivity contribution < 1.29 is 14.8 Å². The number of nitro benzene ring substituents is 1. The second-order valence-corrected chi connectivity index (χ2v) is 3.49. The van der Waals surface area contributed by atoms with Crippen LogP contribution in [0, 0.1) is 10.1 Å². The molecule has 0 unspecified atom stereocenters. The number of nitrogens with zero attached hydrogens (tertiary/aromatic N) is 1. The second-order valence-electron chi connectivity index (χ2n) is 3.49. The molecule has 1 aromatic rings. The molecular weight excluding hydrogens is 198 g/mol. The highest BCUT2D eigenvalue weighted by atomic mass is 16.6. The summed E-state index contributed by atoms with van der Waals surface area (Å²) in [6.45, 7) is 0. The molecule has 0 atom stereocenters. The van der Waals surface area contributed by atoms with Crippen molar-refractivity contribution in [3.8, 4) is 5.75 Å². The highest BCUT2D eigenvalue weighted by molar-refractivity contribution is 5.99. The van der Waals surface area contributed by atoms with Gasteiger partial charge in [0.25, 0.3) is 0 Å². The summed E-state index contributed by atoms with van der Waals surface area (Å²) in [5, 5.41) is 20.2. The Hall–Kier alpha value is -1.91. The number of phenols is 1. The van der Waals surface area contributed by atoms with E-state index in [1.165, 1.54) is 12.1 Å². The zero-order valence-corrected chi connectivity index (χ0v) is 7.90. The number of fused-ring (bicyclic) bond motifs is 1. The van der Waals surface area contributed by atoms with Gasteiger partial charge in [-0.05, 0) is 18.9 Å². The zero-order valence-electron chi connectivity index (χ0n) is 7.90. The number of ketones is 1. The minimum absolute atomic E-state index is 0.0542. The minimum Gasteiger partial charge on any atom is -0.502 e. The summed E-state index contributed by atoms with van der Waals surface area (Å²) in [5.74, 6) is -0.410. The molecule has 2 rings (SSSR count). The summed E-state index contributed by atoms with van der Waals surface area (Å²) in [7, 11) is 0. The number of aromatic hydroxyl groups is 1. The Morgan fingerprint density at radius 1 is 1.33 bits per heavy atom. The molecule has 0 bridgehead atoms. The van der Waals surface area contributed by atoms with E-state index >= 15 is 0 Å². The number of carbonyl (C=O) groups is 1. The fourth-order valence-corrected chi connectivity index (χ4v) is 1.85. The molecule has 0 aromatic heterocycles. The fraction of sp³-hybridized carbons (Fsp3) is 0.300. The quantitative estimate of drug-likeness (QED) is 0.562. The molecular formula is C10H9NO4. The highest BCUT2D eigenvalue weighted by Gasteiger charge is 2.25. The van der Waals surface area contributed by atoms with E-state index in [1.54, 1.807) is 0 Å². The van der Waals surface area contributed by atoms with Gasteiger partial charge in [0.05, 0.1) is 4.92 Å². The van der Waals surface area contributed by atoms with E-state index in [1.807, 2.05) is 0 Å². The molecule has 0 radical (unpaired) electrons. The predicted molar refractivity (Wildman–Crippen MR) is 52.0 cm³/mol. The number of Topliss-reactive ketones (excluding diaryl/α,β-unsaturated/α-hetero) is 1. The Labute approximate surface area is 85.5 Å². The summed E-state index contributed by atoms with van der Waals surface area (Å²) in [4.78, 5) is 21.3. The largest absolute Gasteiger partial charge is 0.502 e. The van der Waals surface area contributed by atoms with Gasteiger partial charge in [0.1, 0.15) is 0 Å². The molecule has 0 amide bonds. The van der Waals surface area contributed by atoms with Crippen molar-refractivity contribution in [2.75, 3.05) is 0 Å². The van der Waals surface area contributed by atoms with Gasteiger partial charge in [-0.1, -0.05) is 0 Å². The van der Waals surface area contributed by atoms with Crippen LogP contribution in [0.1, 0.15) is 28.8 Å². The van der Waals surface area contributed by atoms with Crippen LogP contribution in [0.5, 0.6) is 5.75 Å². The van der Waals surface area contributed by atoms with Crippen LogP contribution in [0.4, 0.5) is 5.69 Å². The third-order valence-electron chi connectivity index (χ3n) is 2.59. The maximum atomic E-state index is 11.4. The molecule has 1 aromatic carbocycles. The SMILES string of the molecule is O=C1CCCc2c1ccc([N+](=O)[O-])c2O. The molecule has 78 valence electrons. The number of benzene rings is 1. The topological polar surface area (TPSA) is 80.4 Å². The lowest BCUT2D eigenvalue weighted by atomic mass is 9.89. The first-order chi connectivity index (χ1) is 7.11. The number of carbonyl (C=O) groups excluding carboxylic acids is 1. The number of nitro groups is 1. The standard InChI is InChI=1S/C10H9NO4/c12-9-3-1-2-7-6(9)4-5-8(10(7)13)11(14)15/h4-5,13H,1-3H2. The molecule has 0 spiro atoms. The van der Waals surface area contributed by atoms with Crippen molar-refractivity contribution in [1.29, 1.82) is 0 Å². The first-order valence-corrected chi connectivity index (χ1v) is 4.63. The van der Waals surface area contributed by atoms with Crippen molar-refractivity contribution in [3.05, 3.63) is 33.4 Å². The highest BCUT2D eigenvalue weighted by Crippen LogP contribution is 2.35. The second kappa shape index (κ2) is 3.34. The molecule has 5 heteroatoms. The maximum Gasteiger partial charge on any atom is 0.311 e. The maximum absolute atomic E-state index is 11.4. The molecule has 0 saturated heterocycles. The van der Waals surface area contributed by atoms with Crippen molar-refractivity contribution in [1.82, 2.24) is 0 Å². The van der Waals surface area contributed by atoms with E-state index in [0.29, 0.717) is 30.4 Å². The molecule has 0 aliphatic heterocycles. The van der Waals surface area contributed by atoms with Gasteiger partial charge in [-0.2, -0.15) is 0 Å². The van der Waals surface area contributed by atoms with E-state index < -0.39 is 4.92 Å². The molecule has 0 saturated carbocycles. The van der Waals surface area contributed by atoms with Crippen LogP contribution >= 0.6 is 0 Å². The van der Waals surface area contributed by atoms with E-state index in [-0.39, 0.29) is 17.2 Å². The van der Waals surface area contributed by atoms with E-state index in [0.717, 1.165) is 0 Å².